The molecule has 1 aromatic heterocycles. The van der Waals surface area contributed by atoms with Crippen LogP contribution in [-0.2, 0) is 0 Å². The highest BCUT2D eigenvalue weighted by Crippen LogP contribution is 2.18. The smallest absolute Gasteiger partial charge is 0.347 e. The highest BCUT2D eigenvalue weighted by Gasteiger charge is 2.19. The van der Waals surface area contributed by atoms with Crippen LogP contribution in [0.3, 0.4) is 0 Å². The van der Waals surface area contributed by atoms with Gasteiger partial charge in [0.1, 0.15) is 0 Å². The summed E-state index contributed by atoms with van der Waals surface area (Å²) in [5.74, 6) is 0.200. The van der Waals surface area contributed by atoms with Crippen LogP contribution in [0.25, 0.3) is 0 Å². The SMILES string of the molecule is O=C1CCOc2[nH]c(=O)ncc21. The maximum absolute atomic E-state index is 11.2. The topological polar surface area (TPSA) is 72.1 Å². The van der Waals surface area contributed by atoms with Crippen LogP contribution in [0.1, 0.15) is 16.8 Å². The molecule has 0 spiro atoms. The van der Waals surface area contributed by atoms with Gasteiger partial charge in [0.05, 0.1) is 12.2 Å². The van der Waals surface area contributed by atoms with E-state index in [0.717, 1.165) is 0 Å². The number of aromatic nitrogens is 2. The Balaban J connectivity index is 2.60. The molecule has 0 aromatic carbocycles. The Hall–Kier alpha value is -1.65. The number of ketones is 1. The number of fused-ring (bicyclic) bond motifs is 1. The Morgan fingerprint density at radius 2 is 2.33 bits per heavy atom. The summed E-state index contributed by atoms with van der Waals surface area (Å²) in [6, 6.07) is 0. The van der Waals surface area contributed by atoms with Crippen LogP contribution >= 0.6 is 0 Å². The van der Waals surface area contributed by atoms with Crippen LogP contribution in [0.4, 0.5) is 0 Å². The molecule has 0 saturated carbocycles. The molecular formula is C7H6N2O3. The highest BCUT2D eigenvalue weighted by molar-refractivity contribution is 5.98. The second-order valence-electron chi connectivity index (χ2n) is 2.45. The number of nitrogens with zero attached hydrogens (tertiary/aromatic N) is 1. The Kier molecular flexibility index (Phi) is 1.43. The third-order valence-corrected chi connectivity index (χ3v) is 1.65. The second kappa shape index (κ2) is 2.44. The average molecular weight is 166 g/mol. The molecule has 0 radical (unpaired) electrons. The van der Waals surface area contributed by atoms with Crippen molar-refractivity contribution >= 4 is 5.78 Å². The van der Waals surface area contributed by atoms with E-state index in [1.165, 1.54) is 6.20 Å². The maximum Gasteiger partial charge on any atom is 0.347 e. The van der Waals surface area contributed by atoms with Gasteiger partial charge in [-0.2, -0.15) is 0 Å². The van der Waals surface area contributed by atoms with E-state index < -0.39 is 5.69 Å². The standard InChI is InChI=1S/C7H6N2O3/c10-5-1-2-12-6-4(5)3-8-7(11)9-6/h3H,1-2H2,(H,8,9,11). The molecule has 0 aliphatic carbocycles. The quantitative estimate of drug-likeness (QED) is 0.576. The molecule has 0 amide bonds. The molecule has 1 N–H and O–H groups in total. The van der Waals surface area contributed by atoms with E-state index >= 15 is 0 Å². The molecule has 0 unspecified atom stereocenters. The minimum absolute atomic E-state index is 0.0417. The average Bonchev–Trinajstić information content (AvgIpc) is 2.04. The van der Waals surface area contributed by atoms with E-state index in [1.54, 1.807) is 0 Å². The molecule has 0 fully saturated rings. The van der Waals surface area contributed by atoms with E-state index in [2.05, 4.69) is 9.97 Å². The summed E-state index contributed by atoms with van der Waals surface area (Å²) in [5, 5.41) is 0. The zero-order valence-corrected chi connectivity index (χ0v) is 6.16. The zero-order chi connectivity index (χ0) is 8.55. The predicted octanol–water partition coefficient (Wildman–Crippen LogP) is -0.265. The first kappa shape index (κ1) is 7.02. The van der Waals surface area contributed by atoms with E-state index in [-0.39, 0.29) is 11.7 Å². The van der Waals surface area contributed by atoms with Crippen LogP contribution in [0.2, 0.25) is 0 Å². The summed E-state index contributed by atoms with van der Waals surface area (Å²) in [6.07, 6.45) is 1.59. The third-order valence-electron chi connectivity index (χ3n) is 1.65. The highest BCUT2D eigenvalue weighted by atomic mass is 16.5. The van der Waals surface area contributed by atoms with Crippen LogP contribution in [0.5, 0.6) is 5.88 Å². The Labute approximate surface area is 67.4 Å². The summed E-state index contributed by atoms with van der Waals surface area (Å²) in [6.45, 7) is 0.325. The number of hydrogen-bond donors (Lipinski definition) is 1. The van der Waals surface area contributed by atoms with Crippen LogP contribution in [0.15, 0.2) is 11.0 Å². The first-order valence-electron chi connectivity index (χ1n) is 3.53. The first-order valence-corrected chi connectivity index (χ1v) is 3.53. The fourth-order valence-corrected chi connectivity index (χ4v) is 1.07. The van der Waals surface area contributed by atoms with E-state index in [1.807, 2.05) is 0 Å². The fraction of sp³-hybridized carbons (Fsp3) is 0.286. The van der Waals surface area contributed by atoms with Crippen molar-refractivity contribution in [2.75, 3.05) is 6.61 Å². The van der Waals surface area contributed by atoms with Crippen LogP contribution in [-0.4, -0.2) is 22.4 Å². The molecule has 0 saturated heterocycles. The number of hydrogen-bond acceptors (Lipinski definition) is 4. The van der Waals surface area contributed by atoms with E-state index in [9.17, 15) is 9.59 Å². The fourth-order valence-electron chi connectivity index (χ4n) is 1.07. The van der Waals surface area contributed by atoms with Gasteiger partial charge in [-0.25, -0.2) is 9.78 Å². The predicted molar refractivity (Wildman–Crippen MR) is 39.3 cm³/mol. The van der Waals surface area contributed by atoms with Gasteiger partial charge in [-0.1, -0.05) is 0 Å². The van der Waals surface area contributed by atoms with Crippen molar-refractivity contribution in [3.8, 4) is 5.88 Å². The Bertz CT molecular complexity index is 382. The molecule has 62 valence electrons. The minimum Gasteiger partial charge on any atom is -0.478 e. The van der Waals surface area contributed by atoms with Gasteiger partial charge in [-0.05, 0) is 0 Å². The monoisotopic (exact) mass is 166 g/mol. The van der Waals surface area contributed by atoms with Crippen molar-refractivity contribution in [3.05, 3.63) is 22.2 Å². The molecule has 5 nitrogen and oxygen atoms in total. The van der Waals surface area contributed by atoms with Crippen molar-refractivity contribution in [1.82, 2.24) is 9.97 Å². The maximum atomic E-state index is 11.2. The summed E-state index contributed by atoms with van der Waals surface area (Å²) >= 11 is 0. The number of carbonyl (C=O) groups is 1. The Morgan fingerprint density at radius 3 is 3.17 bits per heavy atom. The van der Waals surface area contributed by atoms with Gasteiger partial charge in [0.15, 0.2) is 5.78 Å². The lowest BCUT2D eigenvalue weighted by Gasteiger charge is -2.13. The second-order valence-corrected chi connectivity index (χ2v) is 2.45. The molecule has 5 heteroatoms. The van der Waals surface area contributed by atoms with Crippen molar-refractivity contribution < 1.29 is 9.53 Å². The third kappa shape index (κ3) is 0.990. The number of H-pyrrole nitrogens is 1. The van der Waals surface area contributed by atoms with Gasteiger partial charge in [0.2, 0.25) is 5.88 Å². The number of carbonyl (C=O) groups excluding carboxylic acids is 1. The van der Waals surface area contributed by atoms with Crippen molar-refractivity contribution in [2.24, 2.45) is 0 Å². The molecule has 2 heterocycles. The number of Topliss-reactive ketones (excluding diaryl/α,β-unsaturated/α-hetero) is 1. The number of nitrogens with one attached hydrogen (secondary N) is 1. The van der Waals surface area contributed by atoms with E-state index in [0.29, 0.717) is 18.6 Å². The van der Waals surface area contributed by atoms with E-state index in [4.69, 9.17) is 4.74 Å². The minimum atomic E-state index is -0.497. The number of rotatable bonds is 0. The number of aromatic amines is 1. The van der Waals surface area contributed by atoms with Gasteiger partial charge in [-0.3, -0.25) is 9.78 Å². The molecule has 1 aromatic rings. The molecule has 1 aliphatic rings. The zero-order valence-electron chi connectivity index (χ0n) is 6.16. The Morgan fingerprint density at radius 1 is 1.50 bits per heavy atom. The summed E-state index contributed by atoms with van der Waals surface area (Å²) < 4.78 is 5.06. The molecule has 12 heavy (non-hydrogen) atoms. The molecule has 0 bridgehead atoms. The van der Waals surface area contributed by atoms with Crippen molar-refractivity contribution in [1.29, 1.82) is 0 Å². The first-order chi connectivity index (χ1) is 5.77. The van der Waals surface area contributed by atoms with Gasteiger partial charge in [0, 0.05) is 12.6 Å². The lowest BCUT2D eigenvalue weighted by atomic mass is 10.1. The van der Waals surface area contributed by atoms with Crippen molar-refractivity contribution in [2.45, 2.75) is 6.42 Å². The summed E-state index contributed by atoms with van der Waals surface area (Å²) in [4.78, 5) is 27.6. The van der Waals surface area contributed by atoms with Gasteiger partial charge >= 0.3 is 5.69 Å². The lowest BCUT2D eigenvalue weighted by molar-refractivity contribution is 0.0928. The van der Waals surface area contributed by atoms with Gasteiger partial charge in [0.25, 0.3) is 0 Å². The lowest BCUT2D eigenvalue weighted by Crippen LogP contribution is -2.21. The number of ether oxygens (including phenoxy) is 1. The van der Waals surface area contributed by atoms with Crippen LogP contribution < -0.4 is 10.4 Å². The largest absolute Gasteiger partial charge is 0.478 e. The van der Waals surface area contributed by atoms with Crippen LogP contribution in [0, 0.1) is 0 Å². The van der Waals surface area contributed by atoms with Gasteiger partial charge < -0.3 is 4.74 Å². The summed E-state index contributed by atoms with van der Waals surface area (Å²) in [5.41, 5.74) is -0.135. The molecule has 0 atom stereocenters. The molecule has 1 aliphatic heterocycles. The normalized spacial score (nSPS) is 15.2. The van der Waals surface area contributed by atoms with Crippen molar-refractivity contribution in [3.63, 3.8) is 0 Å². The molecule has 2 rings (SSSR count). The van der Waals surface area contributed by atoms with Gasteiger partial charge in [-0.15, -0.1) is 0 Å². The summed E-state index contributed by atoms with van der Waals surface area (Å²) in [7, 11) is 0. The molecular weight excluding hydrogens is 160 g/mol.